The quantitative estimate of drug-likeness (QED) is 0.824. The summed E-state index contributed by atoms with van der Waals surface area (Å²) in [4.78, 5) is 35.7. The van der Waals surface area contributed by atoms with Gasteiger partial charge >= 0.3 is 6.03 Å². The van der Waals surface area contributed by atoms with Gasteiger partial charge in [0.2, 0.25) is 5.82 Å². The summed E-state index contributed by atoms with van der Waals surface area (Å²) < 4.78 is 0. The van der Waals surface area contributed by atoms with Crippen LogP contribution in [0.4, 0.5) is 10.5 Å². The SMILES string of the molecule is CN(C)[C@]1(c2ccccc2)CC[C@@]2(CC1)CN(c1cnc(C(N)=O)nc1)C(=O)N2. The van der Waals surface area contributed by atoms with E-state index in [4.69, 9.17) is 5.73 Å². The van der Waals surface area contributed by atoms with Crippen molar-refractivity contribution in [3.05, 3.63) is 54.1 Å². The lowest BCUT2D eigenvalue weighted by atomic mass is 9.69. The van der Waals surface area contributed by atoms with Crippen LogP contribution in [0.3, 0.4) is 0 Å². The molecule has 2 fully saturated rings. The number of nitrogens with zero attached hydrogens (tertiary/aromatic N) is 4. The fraction of sp³-hybridized carbons (Fsp3) is 0.429. The molecule has 2 aromatic rings. The van der Waals surface area contributed by atoms with Gasteiger partial charge < -0.3 is 11.1 Å². The van der Waals surface area contributed by atoms with Crippen molar-refractivity contribution in [1.29, 1.82) is 0 Å². The Balaban J connectivity index is 1.53. The first kappa shape index (κ1) is 19.3. The van der Waals surface area contributed by atoms with Crippen molar-refractivity contribution in [1.82, 2.24) is 20.2 Å². The molecule has 1 saturated carbocycles. The molecular formula is C21H26N6O2. The molecule has 3 N–H and O–H groups in total. The predicted octanol–water partition coefficient (Wildman–Crippen LogP) is 1.87. The Morgan fingerprint density at radius 3 is 2.28 bits per heavy atom. The molecule has 0 radical (unpaired) electrons. The highest BCUT2D eigenvalue weighted by Gasteiger charge is 2.50. The molecule has 0 atom stereocenters. The minimum absolute atomic E-state index is 0.0308. The van der Waals surface area contributed by atoms with Gasteiger partial charge in [0, 0.05) is 5.54 Å². The van der Waals surface area contributed by atoms with Crippen molar-refractivity contribution in [3.63, 3.8) is 0 Å². The molecule has 0 bridgehead atoms. The number of benzene rings is 1. The highest BCUT2D eigenvalue weighted by molar-refractivity contribution is 5.95. The van der Waals surface area contributed by atoms with E-state index in [1.165, 1.54) is 18.0 Å². The summed E-state index contributed by atoms with van der Waals surface area (Å²) >= 11 is 0. The van der Waals surface area contributed by atoms with Crippen LogP contribution in [0.1, 0.15) is 41.9 Å². The van der Waals surface area contributed by atoms with Gasteiger partial charge in [-0.25, -0.2) is 14.8 Å². The van der Waals surface area contributed by atoms with Gasteiger partial charge in [-0.05, 0) is 45.3 Å². The van der Waals surface area contributed by atoms with Crippen molar-refractivity contribution in [2.75, 3.05) is 25.5 Å². The van der Waals surface area contributed by atoms with Crippen LogP contribution in [0, 0.1) is 0 Å². The van der Waals surface area contributed by atoms with E-state index < -0.39 is 5.91 Å². The minimum Gasteiger partial charge on any atom is -0.363 e. The second-order valence-electron chi connectivity index (χ2n) is 8.22. The monoisotopic (exact) mass is 394 g/mol. The summed E-state index contributed by atoms with van der Waals surface area (Å²) in [6, 6.07) is 10.4. The fourth-order valence-electron chi connectivity index (χ4n) is 4.67. The third-order valence-electron chi connectivity index (χ3n) is 6.45. The summed E-state index contributed by atoms with van der Waals surface area (Å²) in [5, 5.41) is 3.20. The lowest BCUT2D eigenvalue weighted by Crippen LogP contribution is -2.54. The van der Waals surface area contributed by atoms with Crippen LogP contribution < -0.4 is 16.0 Å². The van der Waals surface area contributed by atoms with E-state index >= 15 is 0 Å². The largest absolute Gasteiger partial charge is 0.363 e. The third kappa shape index (κ3) is 3.33. The molecule has 1 aliphatic carbocycles. The molecule has 8 nitrogen and oxygen atoms in total. The van der Waals surface area contributed by atoms with Crippen LogP contribution in [-0.4, -0.2) is 53.0 Å². The molecule has 1 spiro atoms. The van der Waals surface area contributed by atoms with Crippen LogP contribution in [0.5, 0.6) is 0 Å². The van der Waals surface area contributed by atoms with Gasteiger partial charge in [-0.3, -0.25) is 14.6 Å². The number of urea groups is 1. The van der Waals surface area contributed by atoms with Crippen LogP contribution in [0.2, 0.25) is 0 Å². The van der Waals surface area contributed by atoms with Crippen molar-refractivity contribution < 1.29 is 9.59 Å². The lowest BCUT2D eigenvalue weighted by Gasteiger charge is -2.48. The smallest absolute Gasteiger partial charge is 0.322 e. The number of hydrogen-bond acceptors (Lipinski definition) is 5. The van der Waals surface area contributed by atoms with E-state index in [9.17, 15) is 9.59 Å². The van der Waals surface area contributed by atoms with Gasteiger partial charge in [0.25, 0.3) is 5.91 Å². The Hall–Kier alpha value is -3.00. The van der Waals surface area contributed by atoms with E-state index in [0.717, 1.165) is 25.7 Å². The average molecular weight is 394 g/mol. The van der Waals surface area contributed by atoms with Crippen molar-refractivity contribution in [3.8, 4) is 0 Å². The summed E-state index contributed by atoms with van der Waals surface area (Å²) in [6.45, 7) is 0.559. The number of amides is 3. The molecule has 29 heavy (non-hydrogen) atoms. The molecule has 2 aliphatic rings. The molecule has 2 heterocycles. The van der Waals surface area contributed by atoms with Gasteiger partial charge in [0.05, 0.1) is 30.2 Å². The molecule has 1 aromatic heterocycles. The average Bonchev–Trinajstić information content (AvgIpc) is 3.05. The summed E-state index contributed by atoms with van der Waals surface area (Å²) in [6.07, 6.45) is 6.61. The van der Waals surface area contributed by atoms with E-state index in [1.54, 1.807) is 4.90 Å². The summed E-state index contributed by atoms with van der Waals surface area (Å²) in [7, 11) is 4.25. The zero-order valence-corrected chi connectivity index (χ0v) is 16.8. The van der Waals surface area contributed by atoms with Crippen LogP contribution in [0.15, 0.2) is 42.7 Å². The molecule has 152 valence electrons. The Kier molecular flexibility index (Phi) is 4.74. The number of nitrogens with one attached hydrogen (secondary N) is 1. The first-order valence-electron chi connectivity index (χ1n) is 9.80. The first-order chi connectivity index (χ1) is 13.9. The zero-order chi connectivity index (χ0) is 20.6. The van der Waals surface area contributed by atoms with Crippen LogP contribution >= 0.6 is 0 Å². The van der Waals surface area contributed by atoms with Crippen LogP contribution in [0.25, 0.3) is 0 Å². The predicted molar refractivity (Wildman–Crippen MR) is 109 cm³/mol. The Bertz CT molecular complexity index is 905. The minimum atomic E-state index is -0.688. The van der Waals surface area contributed by atoms with Gasteiger partial charge in [0.1, 0.15) is 0 Å². The number of aromatic nitrogens is 2. The van der Waals surface area contributed by atoms with Gasteiger partial charge in [-0.2, -0.15) is 0 Å². The highest BCUT2D eigenvalue weighted by Crippen LogP contribution is 2.46. The number of primary amides is 1. The number of nitrogens with two attached hydrogens (primary N) is 1. The first-order valence-corrected chi connectivity index (χ1v) is 9.80. The molecule has 8 heteroatoms. The van der Waals surface area contributed by atoms with E-state index in [0.29, 0.717) is 12.2 Å². The summed E-state index contributed by atoms with van der Waals surface area (Å²) in [5.41, 5.74) is 6.78. The number of carbonyl (C=O) groups is 2. The standard InChI is InChI=1S/C21H26N6O2/c1-26(2)21(15-6-4-3-5-7-15)10-8-20(9-11-21)14-27(19(29)25-20)16-12-23-18(17(22)28)24-13-16/h3-7,12-13H,8-11,14H2,1-2H3,(H2,22,28)(H,25,29)/t20-,21-. The van der Waals surface area contributed by atoms with Gasteiger partial charge in [-0.1, -0.05) is 30.3 Å². The Labute approximate surface area is 170 Å². The molecule has 1 saturated heterocycles. The van der Waals surface area contributed by atoms with Crippen molar-refractivity contribution >= 4 is 17.6 Å². The van der Waals surface area contributed by atoms with Crippen molar-refractivity contribution in [2.45, 2.75) is 36.8 Å². The lowest BCUT2D eigenvalue weighted by molar-refractivity contribution is 0.0658. The number of hydrogen-bond donors (Lipinski definition) is 2. The highest BCUT2D eigenvalue weighted by atomic mass is 16.2. The zero-order valence-electron chi connectivity index (χ0n) is 16.8. The van der Waals surface area contributed by atoms with E-state index in [1.807, 2.05) is 6.07 Å². The molecule has 3 amide bonds. The Morgan fingerprint density at radius 2 is 1.72 bits per heavy atom. The number of anilines is 1. The number of carbonyl (C=O) groups excluding carboxylic acids is 2. The second-order valence-corrected chi connectivity index (χ2v) is 8.22. The Morgan fingerprint density at radius 1 is 1.10 bits per heavy atom. The normalized spacial score (nSPS) is 26.7. The maximum Gasteiger partial charge on any atom is 0.322 e. The molecular weight excluding hydrogens is 368 g/mol. The maximum absolute atomic E-state index is 12.7. The molecule has 1 aliphatic heterocycles. The number of rotatable bonds is 4. The molecule has 0 unspecified atom stereocenters. The van der Waals surface area contributed by atoms with E-state index in [2.05, 4.69) is 58.5 Å². The fourth-order valence-corrected chi connectivity index (χ4v) is 4.67. The van der Waals surface area contributed by atoms with Crippen LogP contribution in [-0.2, 0) is 5.54 Å². The van der Waals surface area contributed by atoms with Gasteiger partial charge in [0.15, 0.2) is 0 Å². The second kappa shape index (κ2) is 7.11. The van der Waals surface area contributed by atoms with E-state index in [-0.39, 0.29) is 22.9 Å². The maximum atomic E-state index is 12.7. The van der Waals surface area contributed by atoms with Crippen molar-refractivity contribution in [2.24, 2.45) is 5.73 Å². The third-order valence-corrected chi connectivity index (χ3v) is 6.45. The topological polar surface area (TPSA) is 104 Å². The molecule has 1 aromatic carbocycles. The summed E-state index contributed by atoms with van der Waals surface area (Å²) in [5.74, 6) is -0.744. The van der Waals surface area contributed by atoms with Gasteiger partial charge in [-0.15, -0.1) is 0 Å². The molecule has 4 rings (SSSR count).